The number of halogens is 2. The van der Waals surface area contributed by atoms with Crippen LogP contribution in [0.1, 0.15) is 38.2 Å². The Kier molecular flexibility index (Phi) is 4.51. The number of rotatable bonds is 4. The Balaban J connectivity index is 1.79. The van der Waals surface area contributed by atoms with E-state index in [2.05, 4.69) is 6.92 Å². The molecule has 4 nitrogen and oxygen atoms in total. The van der Waals surface area contributed by atoms with Gasteiger partial charge >= 0.3 is 0 Å². The minimum Gasteiger partial charge on any atom is -0.497 e. The van der Waals surface area contributed by atoms with Gasteiger partial charge in [-0.3, -0.25) is 4.79 Å². The van der Waals surface area contributed by atoms with Crippen LogP contribution >= 0.6 is 0 Å². The van der Waals surface area contributed by atoms with Gasteiger partial charge in [-0.15, -0.1) is 0 Å². The number of carbonyl (C=O) groups is 1. The van der Waals surface area contributed by atoms with Crippen molar-refractivity contribution in [1.82, 2.24) is 4.90 Å². The predicted octanol–water partition coefficient (Wildman–Crippen LogP) is 2.90. The quantitative estimate of drug-likeness (QED) is 0.918. The lowest BCUT2D eigenvalue weighted by Gasteiger charge is -2.40. The lowest BCUT2D eigenvalue weighted by Crippen LogP contribution is -2.57. The number of amides is 1. The number of nitrogens with zero attached hydrogens (tertiary/aromatic N) is 1. The van der Waals surface area contributed by atoms with Gasteiger partial charge in [-0.2, -0.15) is 8.78 Å². The van der Waals surface area contributed by atoms with Crippen molar-refractivity contribution in [2.45, 2.75) is 56.7 Å². The third-order valence-electron chi connectivity index (χ3n) is 5.35. The summed E-state index contributed by atoms with van der Waals surface area (Å²) in [5.74, 6) is -3.02. The SMILES string of the molecule is COc1ccc(C(F)(F)C(N)C(=O)N2C3CCC2CC(C)C3)cc1. The van der Waals surface area contributed by atoms with Crippen molar-refractivity contribution >= 4 is 5.91 Å². The third-order valence-corrected chi connectivity index (χ3v) is 5.35. The standard InChI is InChI=1S/C18H24F2N2O2/c1-11-9-13-5-6-14(10-11)22(13)17(23)16(21)18(19,20)12-3-7-15(24-2)8-4-12/h3-4,7-8,11,13-14,16H,5-6,9-10,21H2,1-2H3. The molecule has 2 aliphatic heterocycles. The molecular formula is C18H24F2N2O2. The molecule has 3 rings (SSSR count). The highest BCUT2D eigenvalue weighted by Gasteiger charge is 2.50. The fourth-order valence-electron chi connectivity index (χ4n) is 4.12. The van der Waals surface area contributed by atoms with Crippen molar-refractivity contribution in [3.8, 4) is 5.75 Å². The molecule has 2 saturated heterocycles. The van der Waals surface area contributed by atoms with Gasteiger partial charge in [-0.1, -0.05) is 6.92 Å². The van der Waals surface area contributed by atoms with Gasteiger partial charge in [0, 0.05) is 17.6 Å². The van der Waals surface area contributed by atoms with E-state index in [4.69, 9.17) is 10.5 Å². The van der Waals surface area contributed by atoms with Gasteiger partial charge in [0.15, 0.2) is 6.04 Å². The number of nitrogens with two attached hydrogens (primary N) is 1. The molecule has 24 heavy (non-hydrogen) atoms. The number of alkyl halides is 2. The van der Waals surface area contributed by atoms with Crippen LogP contribution in [0.2, 0.25) is 0 Å². The van der Waals surface area contributed by atoms with Crippen molar-refractivity contribution in [2.24, 2.45) is 11.7 Å². The number of ether oxygens (including phenoxy) is 1. The van der Waals surface area contributed by atoms with Crippen molar-refractivity contribution in [2.75, 3.05) is 7.11 Å². The molecule has 0 radical (unpaired) electrons. The zero-order valence-electron chi connectivity index (χ0n) is 14.0. The van der Waals surface area contributed by atoms with Gasteiger partial charge in [0.2, 0.25) is 5.91 Å². The Morgan fingerprint density at radius 2 is 1.79 bits per heavy atom. The van der Waals surface area contributed by atoms with Gasteiger partial charge in [0.05, 0.1) is 7.11 Å². The van der Waals surface area contributed by atoms with Crippen LogP contribution in [-0.4, -0.2) is 36.0 Å². The molecule has 1 aromatic carbocycles. The highest BCUT2D eigenvalue weighted by atomic mass is 19.3. The topological polar surface area (TPSA) is 55.6 Å². The van der Waals surface area contributed by atoms with Gasteiger partial charge < -0.3 is 15.4 Å². The summed E-state index contributed by atoms with van der Waals surface area (Å²) in [5, 5.41) is 0. The molecule has 1 amide bonds. The molecule has 3 atom stereocenters. The Bertz CT molecular complexity index is 592. The smallest absolute Gasteiger partial charge is 0.296 e. The molecule has 2 heterocycles. The zero-order chi connectivity index (χ0) is 17.5. The summed E-state index contributed by atoms with van der Waals surface area (Å²) < 4.78 is 34.4. The molecule has 3 unspecified atom stereocenters. The molecule has 2 aliphatic rings. The number of hydrogen-bond donors (Lipinski definition) is 1. The van der Waals surface area contributed by atoms with Crippen molar-refractivity contribution in [1.29, 1.82) is 0 Å². The Morgan fingerprint density at radius 1 is 1.25 bits per heavy atom. The summed E-state index contributed by atoms with van der Waals surface area (Å²) in [6, 6.07) is 3.69. The van der Waals surface area contributed by atoms with Crippen LogP contribution in [0.5, 0.6) is 5.75 Å². The fourth-order valence-corrected chi connectivity index (χ4v) is 4.12. The van der Waals surface area contributed by atoms with Crippen LogP contribution in [0.3, 0.4) is 0 Å². The molecule has 132 valence electrons. The van der Waals surface area contributed by atoms with Crippen LogP contribution < -0.4 is 10.5 Å². The summed E-state index contributed by atoms with van der Waals surface area (Å²) in [4.78, 5) is 14.3. The maximum Gasteiger partial charge on any atom is 0.296 e. The van der Waals surface area contributed by atoms with E-state index < -0.39 is 17.9 Å². The zero-order valence-corrected chi connectivity index (χ0v) is 14.0. The summed E-state index contributed by atoms with van der Waals surface area (Å²) >= 11 is 0. The van der Waals surface area contributed by atoms with E-state index in [0.717, 1.165) is 25.7 Å². The second-order valence-corrected chi connectivity index (χ2v) is 7.04. The molecule has 0 saturated carbocycles. The van der Waals surface area contributed by atoms with Crippen molar-refractivity contribution < 1.29 is 18.3 Å². The van der Waals surface area contributed by atoms with Crippen LogP contribution in [0.25, 0.3) is 0 Å². The molecule has 0 aliphatic carbocycles. The first kappa shape index (κ1) is 17.1. The number of methoxy groups -OCH3 is 1. The first-order chi connectivity index (χ1) is 11.3. The maximum atomic E-state index is 14.7. The van der Waals surface area contributed by atoms with Gasteiger partial charge in [0.25, 0.3) is 5.92 Å². The fraction of sp³-hybridized carbons (Fsp3) is 0.611. The Labute approximate surface area is 141 Å². The first-order valence-electron chi connectivity index (χ1n) is 8.44. The Hall–Kier alpha value is -1.69. The third kappa shape index (κ3) is 2.88. The van der Waals surface area contributed by atoms with E-state index in [-0.39, 0.29) is 17.6 Å². The number of benzene rings is 1. The minimum absolute atomic E-state index is 0.0592. The summed E-state index contributed by atoms with van der Waals surface area (Å²) in [6.45, 7) is 2.15. The van der Waals surface area contributed by atoms with Crippen LogP contribution in [0, 0.1) is 5.92 Å². The molecule has 2 fully saturated rings. The minimum atomic E-state index is -3.41. The molecule has 2 bridgehead atoms. The normalized spacial score (nSPS) is 27.9. The second kappa shape index (κ2) is 6.31. The van der Waals surface area contributed by atoms with Crippen LogP contribution in [-0.2, 0) is 10.7 Å². The summed E-state index contributed by atoms with van der Waals surface area (Å²) in [7, 11) is 1.47. The average molecular weight is 338 g/mol. The molecule has 2 N–H and O–H groups in total. The van der Waals surface area contributed by atoms with E-state index in [1.165, 1.54) is 31.4 Å². The van der Waals surface area contributed by atoms with Crippen LogP contribution in [0.15, 0.2) is 24.3 Å². The summed E-state index contributed by atoms with van der Waals surface area (Å²) in [5.41, 5.74) is 5.48. The second-order valence-electron chi connectivity index (χ2n) is 7.04. The highest BCUT2D eigenvalue weighted by Crippen LogP contribution is 2.41. The van der Waals surface area contributed by atoms with Crippen LogP contribution in [0.4, 0.5) is 8.78 Å². The number of piperidine rings is 1. The molecule has 1 aromatic rings. The summed E-state index contributed by atoms with van der Waals surface area (Å²) in [6.07, 6.45) is 3.54. The molecule has 6 heteroatoms. The lowest BCUT2D eigenvalue weighted by molar-refractivity contribution is -0.148. The largest absolute Gasteiger partial charge is 0.497 e. The van der Waals surface area contributed by atoms with E-state index in [0.29, 0.717) is 11.7 Å². The average Bonchev–Trinajstić information content (AvgIpc) is 2.85. The van der Waals surface area contributed by atoms with E-state index in [9.17, 15) is 13.6 Å². The van der Waals surface area contributed by atoms with Gasteiger partial charge in [-0.25, -0.2) is 0 Å². The number of fused-ring (bicyclic) bond motifs is 2. The molecular weight excluding hydrogens is 314 g/mol. The van der Waals surface area contributed by atoms with Crippen molar-refractivity contribution in [3.63, 3.8) is 0 Å². The number of carbonyl (C=O) groups excluding carboxylic acids is 1. The van der Waals surface area contributed by atoms with Gasteiger partial charge in [0.1, 0.15) is 5.75 Å². The monoisotopic (exact) mass is 338 g/mol. The predicted molar refractivity (Wildman–Crippen MR) is 86.9 cm³/mol. The van der Waals surface area contributed by atoms with E-state index in [1.807, 2.05) is 0 Å². The van der Waals surface area contributed by atoms with E-state index in [1.54, 1.807) is 4.90 Å². The molecule has 0 spiro atoms. The lowest BCUT2D eigenvalue weighted by atomic mass is 9.91. The Morgan fingerprint density at radius 3 is 2.29 bits per heavy atom. The number of hydrogen-bond acceptors (Lipinski definition) is 3. The van der Waals surface area contributed by atoms with Gasteiger partial charge in [-0.05, 0) is 55.9 Å². The molecule has 0 aromatic heterocycles. The highest BCUT2D eigenvalue weighted by molar-refractivity contribution is 5.84. The van der Waals surface area contributed by atoms with Crippen molar-refractivity contribution in [3.05, 3.63) is 29.8 Å². The van der Waals surface area contributed by atoms with E-state index >= 15 is 0 Å². The maximum absolute atomic E-state index is 14.7. The first-order valence-corrected chi connectivity index (χ1v) is 8.44.